The van der Waals surface area contributed by atoms with Gasteiger partial charge in [-0.2, -0.15) is 4.39 Å². The molecule has 0 aliphatic rings. The summed E-state index contributed by atoms with van der Waals surface area (Å²) < 4.78 is 73.6. The van der Waals surface area contributed by atoms with Gasteiger partial charge in [-0.3, -0.25) is 0 Å². The summed E-state index contributed by atoms with van der Waals surface area (Å²) in [6.45, 7) is 2.06. The monoisotopic (exact) mass is 510 g/mol. The number of carbonyl (C=O) groups is 1. The molecule has 0 radical (unpaired) electrons. The Morgan fingerprint density at radius 3 is 1.86 bits per heavy atom. The molecule has 4 rings (SSSR count). The van der Waals surface area contributed by atoms with Crippen LogP contribution >= 0.6 is 0 Å². The second-order valence-corrected chi connectivity index (χ2v) is 7.97. The van der Waals surface area contributed by atoms with E-state index in [1.807, 2.05) is 0 Å². The topological polar surface area (TPSA) is 44.8 Å². The maximum atomic E-state index is 14.7. The largest absolute Gasteiger partial charge is 0.497 e. The summed E-state index contributed by atoms with van der Waals surface area (Å²) in [5, 5.41) is 0. The maximum Gasteiger partial charge on any atom is 0.343 e. The fourth-order valence-electron chi connectivity index (χ4n) is 3.68. The Hall–Kier alpha value is -4.17. The van der Waals surface area contributed by atoms with E-state index in [0.717, 1.165) is 6.07 Å². The lowest BCUT2D eigenvalue weighted by atomic mass is 10.0. The molecule has 0 N–H and O–H groups in total. The molecule has 4 nitrogen and oxygen atoms in total. The van der Waals surface area contributed by atoms with E-state index in [4.69, 9.17) is 14.2 Å². The molecule has 0 saturated carbocycles. The van der Waals surface area contributed by atoms with Crippen molar-refractivity contribution in [2.75, 3.05) is 13.7 Å². The SMILES string of the molecule is CCOCc1ccc(-c2ccc(C(=O)Oc3ccc(-c4ccc(OC)cc4)c(F)c3F)cc2)c(F)c1F. The van der Waals surface area contributed by atoms with Crippen LogP contribution in [0.5, 0.6) is 11.5 Å². The average molecular weight is 510 g/mol. The molecule has 0 heterocycles. The third-order valence-electron chi connectivity index (χ3n) is 5.71. The van der Waals surface area contributed by atoms with Crippen LogP contribution in [0.3, 0.4) is 0 Å². The first-order chi connectivity index (χ1) is 17.8. The van der Waals surface area contributed by atoms with E-state index in [1.54, 1.807) is 31.2 Å². The summed E-state index contributed by atoms with van der Waals surface area (Å²) in [5.74, 6) is -5.50. The van der Waals surface area contributed by atoms with Gasteiger partial charge < -0.3 is 14.2 Å². The van der Waals surface area contributed by atoms with Gasteiger partial charge in [0, 0.05) is 23.3 Å². The van der Waals surface area contributed by atoms with Gasteiger partial charge in [-0.25, -0.2) is 18.0 Å². The fourth-order valence-corrected chi connectivity index (χ4v) is 3.68. The molecule has 0 bridgehead atoms. The molecule has 0 aliphatic carbocycles. The number of methoxy groups -OCH3 is 1. The quantitative estimate of drug-likeness (QED) is 0.141. The van der Waals surface area contributed by atoms with Crippen LogP contribution in [0.15, 0.2) is 72.8 Å². The lowest BCUT2D eigenvalue weighted by molar-refractivity contribution is 0.0726. The highest BCUT2D eigenvalue weighted by molar-refractivity contribution is 5.91. The molecule has 4 aromatic carbocycles. The molecule has 0 atom stereocenters. The second kappa shape index (κ2) is 11.3. The van der Waals surface area contributed by atoms with Crippen LogP contribution < -0.4 is 9.47 Å². The highest BCUT2D eigenvalue weighted by Gasteiger charge is 2.20. The van der Waals surface area contributed by atoms with Crippen molar-refractivity contribution in [1.82, 2.24) is 0 Å². The standard InChI is InChI=1S/C29H22F4O4/c1-3-36-16-20-10-13-22(26(31)25(20)30)17-4-6-19(7-5-17)29(34)37-24-15-14-23(27(32)28(24)33)18-8-11-21(35-2)12-9-18/h4-15H,3,16H2,1-2H3. The molecule has 190 valence electrons. The van der Waals surface area contributed by atoms with Crippen LogP contribution in [0, 0.1) is 23.3 Å². The van der Waals surface area contributed by atoms with Gasteiger partial charge in [0.05, 0.1) is 19.3 Å². The van der Waals surface area contributed by atoms with Gasteiger partial charge in [-0.15, -0.1) is 0 Å². The van der Waals surface area contributed by atoms with Gasteiger partial charge >= 0.3 is 5.97 Å². The fraction of sp³-hybridized carbons (Fsp3) is 0.138. The first kappa shape index (κ1) is 25.9. The van der Waals surface area contributed by atoms with E-state index >= 15 is 0 Å². The second-order valence-electron chi connectivity index (χ2n) is 7.97. The molecule has 0 aliphatic heterocycles. The summed E-state index contributed by atoms with van der Waals surface area (Å²) in [6, 6.07) is 17.1. The number of esters is 1. The van der Waals surface area contributed by atoms with Crippen LogP contribution in [-0.4, -0.2) is 19.7 Å². The molecule has 4 aromatic rings. The van der Waals surface area contributed by atoms with Crippen LogP contribution in [-0.2, 0) is 11.3 Å². The minimum atomic E-state index is -1.32. The molecule has 0 unspecified atom stereocenters. The van der Waals surface area contributed by atoms with Gasteiger partial charge in [-0.05, 0) is 54.4 Å². The Morgan fingerprint density at radius 2 is 1.27 bits per heavy atom. The van der Waals surface area contributed by atoms with Crippen molar-refractivity contribution >= 4 is 5.97 Å². The highest BCUT2D eigenvalue weighted by Crippen LogP contribution is 2.32. The van der Waals surface area contributed by atoms with Crippen molar-refractivity contribution in [2.24, 2.45) is 0 Å². The van der Waals surface area contributed by atoms with Gasteiger partial charge in [0.15, 0.2) is 23.2 Å². The van der Waals surface area contributed by atoms with Crippen LogP contribution in [0.4, 0.5) is 17.6 Å². The lowest BCUT2D eigenvalue weighted by Crippen LogP contribution is -2.10. The van der Waals surface area contributed by atoms with E-state index in [1.165, 1.54) is 49.6 Å². The van der Waals surface area contributed by atoms with E-state index in [9.17, 15) is 22.4 Å². The predicted octanol–water partition coefficient (Wildman–Crippen LogP) is 7.34. The van der Waals surface area contributed by atoms with Crippen molar-refractivity contribution in [2.45, 2.75) is 13.5 Å². The zero-order valence-electron chi connectivity index (χ0n) is 20.0. The van der Waals surface area contributed by atoms with Gasteiger partial charge in [0.2, 0.25) is 5.82 Å². The van der Waals surface area contributed by atoms with Crippen molar-refractivity contribution in [1.29, 1.82) is 0 Å². The Bertz CT molecular complexity index is 1420. The lowest BCUT2D eigenvalue weighted by Gasteiger charge is -2.11. The summed E-state index contributed by atoms with van der Waals surface area (Å²) in [4.78, 5) is 12.5. The average Bonchev–Trinajstić information content (AvgIpc) is 2.92. The van der Waals surface area contributed by atoms with E-state index in [2.05, 4.69) is 0 Å². The molecular weight excluding hydrogens is 488 g/mol. The molecule has 37 heavy (non-hydrogen) atoms. The molecule has 0 saturated heterocycles. The number of hydrogen-bond donors (Lipinski definition) is 0. The molecule has 0 fully saturated rings. The summed E-state index contributed by atoms with van der Waals surface area (Å²) in [7, 11) is 1.49. The smallest absolute Gasteiger partial charge is 0.343 e. The molecule has 0 aromatic heterocycles. The molecule has 8 heteroatoms. The first-order valence-corrected chi connectivity index (χ1v) is 11.3. The van der Waals surface area contributed by atoms with Gasteiger partial charge in [0.1, 0.15) is 5.75 Å². The predicted molar refractivity (Wildman–Crippen MR) is 130 cm³/mol. The summed E-state index contributed by atoms with van der Waals surface area (Å²) >= 11 is 0. The Labute approximate surface area is 211 Å². The van der Waals surface area contributed by atoms with Crippen molar-refractivity contribution < 1.29 is 36.6 Å². The Balaban J connectivity index is 1.51. The molecular formula is C29H22F4O4. The van der Waals surface area contributed by atoms with Gasteiger partial charge in [-0.1, -0.05) is 36.4 Å². The number of benzene rings is 4. The molecule has 0 amide bonds. The van der Waals surface area contributed by atoms with E-state index in [-0.39, 0.29) is 28.9 Å². The number of rotatable bonds is 8. The number of hydrogen-bond acceptors (Lipinski definition) is 4. The minimum absolute atomic E-state index is 0.0000907. The summed E-state index contributed by atoms with van der Waals surface area (Å²) in [5.41, 5.74) is 0.829. The van der Waals surface area contributed by atoms with Crippen LogP contribution in [0.1, 0.15) is 22.8 Å². The summed E-state index contributed by atoms with van der Waals surface area (Å²) in [6.07, 6.45) is 0. The number of carbonyl (C=O) groups excluding carboxylic acids is 1. The normalized spacial score (nSPS) is 10.9. The number of ether oxygens (including phenoxy) is 3. The number of halogens is 4. The highest BCUT2D eigenvalue weighted by atomic mass is 19.2. The molecule has 0 spiro atoms. The maximum absolute atomic E-state index is 14.7. The minimum Gasteiger partial charge on any atom is -0.497 e. The first-order valence-electron chi connectivity index (χ1n) is 11.3. The van der Waals surface area contributed by atoms with E-state index in [0.29, 0.717) is 23.5 Å². The van der Waals surface area contributed by atoms with Crippen LogP contribution in [0.2, 0.25) is 0 Å². The van der Waals surface area contributed by atoms with Crippen molar-refractivity contribution in [3.8, 4) is 33.8 Å². The van der Waals surface area contributed by atoms with Gasteiger partial charge in [0.25, 0.3) is 0 Å². The third-order valence-corrected chi connectivity index (χ3v) is 5.71. The van der Waals surface area contributed by atoms with E-state index < -0.39 is 35.0 Å². The van der Waals surface area contributed by atoms with Crippen molar-refractivity contribution in [3.63, 3.8) is 0 Å². The van der Waals surface area contributed by atoms with Crippen molar-refractivity contribution in [3.05, 3.63) is 107 Å². The zero-order valence-corrected chi connectivity index (χ0v) is 20.0. The third kappa shape index (κ3) is 5.49. The Kier molecular flexibility index (Phi) is 7.89. The zero-order chi connectivity index (χ0) is 26.5. The Morgan fingerprint density at radius 1 is 0.703 bits per heavy atom. The van der Waals surface area contributed by atoms with Crippen LogP contribution in [0.25, 0.3) is 22.3 Å².